The molecular formula is C14H19IN2O3. The van der Waals surface area contributed by atoms with Gasteiger partial charge in [-0.25, -0.2) is 0 Å². The van der Waals surface area contributed by atoms with Gasteiger partial charge in [0.1, 0.15) is 5.69 Å². The van der Waals surface area contributed by atoms with Gasteiger partial charge in [0.25, 0.3) is 5.69 Å². The van der Waals surface area contributed by atoms with E-state index in [1.54, 1.807) is 12.1 Å². The molecule has 0 aromatic heterocycles. The van der Waals surface area contributed by atoms with E-state index in [9.17, 15) is 10.1 Å². The Morgan fingerprint density at radius 3 is 2.80 bits per heavy atom. The van der Waals surface area contributed by atoms with Crippen LogP contribution < -0.4 is 5.32 Å². The van der Waals surface area contributed by atoms with Gasteiger partial charge in [-0.05, 0) is 48.1 Å². The van der Waals surface area contributed by atoms with Crippen LogP contribution in [-0.2, 0) is 4.74 Å². The Kier molecular flexibility index (Phi) is 4.53. The molecule has 1 saturated carbocycles. The predicted octanol–water partition coefficient (Wildman–Crippen LogP) is 3.81. The SMILES string of the molecule is CCOC1CC(Nc2ccc(I)cc2[N+](=O)[O-])C1(C)C. The molecule has 110 valence electrons. The summed E-state index contributed by atoms with van der Waals surface area (Å²) in [5.74, 6) is 0. The Labute approximate surface area is 132 Å². The first-order valence-electron chi connectivity index (χ1n) is 6.68. The Hall–Kier alpha value is -0.890. The minimum atomic E-state index is -0.337. The second-order valence-corrected chi connectivity index (χ2v) is 6.86. The highest BCUT2D eigenvalue weighted by Gasteiger charge is 2.49. The maximum atomic E-state index is 11.1. The van der Waals surface area contributed by atoms with Gasteiger partial charge in [-0.3, -0.25) is 10.1 Å². The summed E-state index contributed by atoms with van der Waals surface area (Å²) >= 11 is 2.08. The van der Waals surface area contributed by atoms with Gasteiger partial charge in [-0.1, -0.05) is 13.8 Å². The van der Waals surface area contributed by atoms with Crippen molar-refractivity contribution in [3.63, 3.8) is 0 Å². The standard InChI is InChI=1S/C14H19IN2O3/c1-4-20-13-8-12(14(13,2)3)16-10-6-5-9(15)7-11(10)17(18)19/h5-7,12-13,16H,4,8H2,1-3H3. The largest absolute Gasteiger partial charge is 0.378 e. The summed E-state index contributed by atoms with van der Waals surface area (Å²) in [5, 5.41) is 14.4. The minimum absolute atomic E-state index is 0.0210. The van der Waals surface area contributed by atoms with Crippen LogP contribution in [0.25, 0.3) is 0 Å². The minimum Gasteiger partial charge on any atom is -0.378 e. The second-order valence-electron chi connectivity index (χ2n) is 5.62. The van der Waals surface area contributed by atoms with Gasteiger partial charge in [0.2, 0.25) is 0 Å². The van der Waals surface area contributed by atoms with Crippen molar-refractivity contribution in [2.45, 2.75) is 39.3 Å². The first-order chi connectivity index (χ1) is 9.36. The van der Waals surface area contributed by atoms with Gasteiger partial charge in [-0.15, -0.1) is 0 Å². The van der Waals surface area contributed by atoms with Crippen LogP contribution in [0.15, 0.2) is 18.2 Å². The molecule has 1 fully saturated rings. The lowest BCUT2D eigenvalue weighted by Crippen LogP contribution is -2.58. The summed E-state index contributed by atoms with van der Waals surface area (Å²) in [7, 11) is 0. The Bertz CT molecular complexity index is 519. The number of hydrogen-bond acceptors (Lipinski definition) is 4. The molecule has 1 aromatic rings. The van der Waals surface area contributed by atoms with Crippen LogP contribution in [0.1, 0.15) is 27.2 Å². The normalized spacial score (nSPS) is 24.0. The molecule has 0 spiro atoms. The summed E-state index contributed by atoms with van der Waals surface area (Å²) < 4.78 is 6.54. The fraction of sp³-hybridized carbons (Fsp3) is 0.571. The van der Waals surface area contributed by atoms with E-state index >= 15 is 0 Å². The van der Waals surface area contributed by atoms with Gasteiger partial charge in [-0.2, -0.15) is 0 Å². The average Bonchev–Trinajstić information content (AvgIpc) is 2.39. The number of hydrogen-bond donors (Lipinski definition) is 1. The molecule has 5 nitrogen and oxygen atoms in total. The van der Waals surface area contributed by atoms with Crippen LogP contribution >= 0.6 is 22.6 Å². The van der Waals surface area contributed by atoms with Crippen molar-refractivity contribution >= 4 is 34.0 Å². The molecule has 2 unspecified atom stereocenters. The maximum Gasteiger partial charge on any atom is 0.293 e. The van der Waals surface area contributed by atoms with E-state index in [1.165, 1.54) is 0 Å². The highest BCUT2D eigenvalue weighted by Crippen LogP contribution is 2.45. The lowest BCUT2D eigenvalue weighted by atomic mass is 9.64. The highest BCUT2D eigenvalue weighted by atomic mass is 127. The third-order valence-corrected chi connectivity index (χ3v) is 4.70. The third kappa shape index (κ3) is 2.90. The summed E-state index contributed by atoms with van der Waals surface area (Å²) in [5.41, 5.74) is 0.698. The van der Waals surface area contributed by atoms with Gasteiger partial charge in [0, 0.05) is 27.7 Å². The van der Waals surface area contributed by atoms with E-state index < -0.39 is 0 Å². The first kappa shape index (κ1) is 15.5. The topological polar surface area (TPSA) is 64.4 Å². The number of nitrogens with zero attached hydrogens (tertiary/aromatic N) is 1. The predicted molar refractivity (Wildman–Crippen MR) is 87.0 cm³/mol. The van der Waals surface area contributed by atoms with E-state index in [-0.39, 0.29) is 28.2 Å². The molecule has 0 heterocycles. The number of nitro groups is 1. The van der Waals surface area contributed by atoms with Gasteiger partial charge in [0.15, 0.2) is 0 Å². The van der Waals surface area contributed by atoms with Crippen LogP contribution in [0, 0.1) is 19.1 Å². The van der Waals surface area contributed by atoms with Crippen molar-refractivity contribution in [1.82, 2.24) is 0 Å². The number of rotatable bonds is 5. The van der Waals surface area contributed by atoms with Gasteiger partial charge in [0.05, 0.1) is 11.0 Å². The summed E-state index contributed by atoms with van der Waals surface area (Å²) in [4.78, 5) is 10.8. The second kappa shape index (κ2) is 5.85. The smallest absolute Gasteiger partial charge is 0.293 e. The van der Waals surface area contributed by atoms with E-state index in [2.05, 4.69) is 41.8 Å². The molecule has 0 aliphatic heterocycles. The maximum absolute atomic E-state index is 11.1. The molecule has 20 heavy (non-hydrogen) atoms. The third-order valence-electron chi connectivity index (χ3n) is 4.03. The molecule has 1 aliphatic carbocycles. The number of ether oxygens (including phenoxy) is 1. The lowest BCUT2D eigenvalue weighted by molar-refractivity contribution is -0.384. The van der Waals surface area contributed by atoms with Crippen LogP contribution in [0.4, 0.5) is 11.4 Å². The van der Waals surface area contributed by atoms with Crippen LogP contribution in [-0.4, -0.2) is 23.7 Å². The average molecular weight is 390 g/mol. The number of benzene rings is 1. The van der Waals surface area contributed by atoms with Crippen LogP contribution in [0.5, 0.6) is 0 Å². The van der Waals surface area contributed by atoms with Crippen molar-refractivity contribution in [2.24, 2.45) is 5.41 Å². The fourth-order valence-corrected chi connectivity index (χ4v) is 3.05. The van der Waals surface area contributed by atoms with E-state index in [0.29, 0.717) is 12.3 Å². The molecule has 0 saturated heterocycles. The van der Waals surface area contributed by atoms with E-state index in [4.69, 9.17) is 4.74 Å². The number of nitrogens with one attached hydrogen (secondary N) is 1. The van der Waals surface area contributed by atoms with Gasteiger partial charge < -0.3 is 10.1 Å². The van der Waals surface area contributed by atoms with Crippen molar-refractivity contribution in [3.8, 4) is 0 Å². The molecule has 0 amide bonds. The summed E-state index contributed by atoms with van der Waals surface area (Å²) in [6.07, 6.45) is 1.09. The van der Waals surface area contributed by atoms with Crippen LogP contribution in [0.3, 0.4) is 0 Å². The molecule has 0 bridgehead atoms. The lowest BCUT2D eigenvalue weighted by Gasteiger charge is -2.51. The quantitative estimate of drug-likeness (QED) is 0.472. The first-order valence-corrected chi connectivity index (χ1v) is 7.76. The van der Waals surface area contributed by atoms with Crippen molar-refractivity contribution in [3.05, 3.63) is 31.9 Å². The zero-order chi connectivity index (χ0) is 14.9. The zero-order valence-electron chi connectivity index (χ0n) is 11.9. The summed E-state index contributed by atoms with van der Waals surface area (Å²) in [6, 6.07) is 5.44. The number of halogens is 1. The number of anilines is 1. The monoisotopic (exact) mass is 390 g/mol. The van der Waals surface area contributed by atoms with Crippen molar-refractivity contribution in [2.75, 3.05) is 11.9 Å². The van der Waals surface area contributed by atoms with Crippen molar-refractivity contribution in [1.29, 1.82) is 0 Å². The summed E-state index contributed by atoms with van der Waals surface area (Å²) in [6.45, 7) is 6.95. The molecule has 0 radical (unpaired) electrons. The van der Waals surface area contributed by atoms with E-state index in [0.717, 1.165) is 9.99 Å². The van der Waals surface area contributed by atoms with Crippen molar-refractivity contribution < 1.29 is 9.66 Å². The fourth-order valence-electron chi connectivity index (χ4n) is 2.58. The Balaban J connectivity index is 2.14. The molecular weight excluding hydrogens is 371 g/mol. The Morgan fingerprint density at radius 2 is 2.25 bits per heavy atom. The highest BCUT2D eigenvalue weighted by molar-refractivity contribution is 14.1. The van der Waals surface area contributed by atoms with E-state index in [1.807, 2.05) is 13.0 Å². The molecule has 1 aromatic carbocycles. The zero-order valence-corrected chi connectivity index (χ0v) is 14.0. The number of nitro benzene ring substituents is 1. The van der Waals surface area contributed by atoms with Crippen LogP contribution in [0.2, 0.25) is 0 Å². The molecule has 6 heteroatoms. The molecule has 1 aliphatic rings. The Morgan fingerprint density at radius 1 is 1.55 bits per heavy atom. The van der Waals surface area contributed by atoms with Gasteiger partial charge >= 0.3 is 0 Å². The molecule has 2 rings (SSSR count). The molecule has 1 N–H and O–H groups in total. The molecule has 2 atom stereocenters.